The fourth-order valence-corrected chi connectivity index (χ4v) is 4.12. The van der Waals surface area contributed by atoms with Crippen molar-refractivity contribution in [3.63, 3.8) is 0 Å². The van der Waals surface area contributed by atoms with Gasteiger partial charge in [-0.3, -0.25) is 0 Å². The van der Waals surface area contributed by atoms with E-state index in [1.165, 1.54) is 35.4 Å². The van der Waals surface area contributed by atoms with Crippen LogP contribution in [0.5, 0.6) is 0 Å². The number of benzene rings is 1. The van der Waals surface area contributed by atoms with Gasteiger partial charge in [-0.1, -0.05) is 31.2 Å². The first kappa shape index (κ1) is 13.8. The molecule has 20 heavy (non-hydrogen) atoms. The Labute approximate surface area is 125 Å². The third kappa shape index (κ3) is 2.52. The standard InChI is InChI=1S/C17H22N2S/c1-12(16-5-4-10-19(16)3)14-6-8-15(9-7-14)17-13(2)18-11-20-17/h6-9,11-12,16H,4-5,10H2,1-3H3. The second-order valence-electron chi connectivity index (χ2n) is 5.87. The van der Waals surface area contributed by atoms with Crippen LogP contribution in [0, 0.1) is 6.92 Å². The summed E-state index contributed by atoms with van der Waals surface area (Å²) >= 11 is 1.72. The predicted octanol–water partition coefficient (Wildman–Crippen LogP) is 4.32. The maximum atomic E-state index is 4.34. The van der Waals surface area contributed by atoms with Crippen molar-refractivity contribution in [2.45, 2.75) is 38.6 Å². The highest BCUT2D eigenvalue weighted by Crippen LogP contribution is 2.32. The lowest BCUT2D eigenvalue weighted by atomic mass is 9.91. The normalized spacial score (nSPS) is 21.2. The van der Waals surface area contributed by atoms with Crippen molar-refractivity contribution in [2.75, 3.05) is 13.6 Å². The average molecular weight is 286 g/mol. The first-order valence-electron chi connectivity index (χ1n) is 7.37. The van der Waals surface area contributed by atoms with E-state index in [9.17, 15) is 0 Å². The lowest BCUT2D eigenvalue weighted by Gasteiger charge is -2.26. The molecule has 0 saturated carbocycles. The number of rotatable bonds is 3. The van der Waals surface area contributed by atoms with E-state index in [1.807, 2.05) is 5.51 Å². The van der Waals surface area contributed by atoms with Gasteiger partial charge in [0, 0.05) is 6.04 Å². The van der Waals surface area contributed by atoms with Gasteiger partial charge in [0.05, 0.1) is 16.1 Å². The predicted molar refractivity (Wildman–Crippen MR) is 86.4 cm³/mol. The van der Waals surface area contributed by atoms with Crippen LogP contribution in [-0.4, -0.2) is 29.5 Å². The van der Waals surface area contributed by atoms with Gasteiger partial charge in [0.1, 0.15) is 0 Å². The summed E-state index contributed by atoms with van der Waals surface area (Å²) in [5, 5.41) is 0. The smallest absolute Gasteiger partial charge is 0.0801 e. The van der Waals surface area contributed by atoms with Crippen LogP contribution < -0.4 is 0 Å². The zero-order chi connectivity index (χ0) is 14.1. The number of likely N-dealkylation sites (N-methyl/N-ethyl adjacent to an activating group) is 1. The van der Waals surface area contributed by atoms with Crippen molar-refractivity contribution in [1.82, 2.24) is 9.88 Å². The van der Waals surface area contributed by atoms with E-state index >= 15 is 0 Å². The molecule has 0 bridgehead atoms. The first-order chi connectivity index (χ1) is 9.66. The molecule has 0 N–H and O–H groups in total. The molecule has 3 heteroatoms. The summed E-state index contributed by atoms with van der Waals surface area (Å²) in [5.41, 5.74) is 5.80. The fraction of sp³-hybridized carbons (Fsp3) is 0.471. The number of thiazole rings is 1. The maximum absolute atomic E-state index is 4.34. The van der Waals surface area contributed by atoms with Gasteiger partial charge in [-0.2, -0.15) is 0 Å². The molecule has 2 atom stereocenters. The van der Waals surface area contributed by atoms with Gasteiger partial charge in [-0.05, 0) is 50.4 Å². The lowest BCUT2D eigenvalue weighted by Crippen LogP contribution is -2.29. The molecule has 1 aromatic heterocycles. The minimum Gasteiger partial charge on any atom is -0.303 e. The third-order valence-corrected chi connectivity index (χ3v) is 5.58. The van der Waals surface area contributed by atoms with Crippen LogP contribution in [0.3, 0.4) is 0 Å². The highest BCUT2D eigenvalue weighted by Gasteiger charge is 2.27. The van der Waals surface area contributed by atoms with Gasteiger partial charge < -0.3 is 4.90 Å². The molecule has 2 unspecified atom stereocenters. The second-order valence-corrected chi connectivity index (χ2v) is 6.72. The Morgan fingerprint density at radius 1 is 1.30 bits per heavy atom. The van der Waals surface area contributed by atoms with Gasteiger partial charge in [-0.25, -0.2) is 4.98 Å². The molecule has 0 radical (unpaired) electrons. The van der Waals surface area contributed by atoms with Crippen molar-refractivity contribution < 1.29 is 0 Å². The molecule has 1 fully saturated rings. The number of aromatic nitrogens is 1. The van der Waals surface area contributed by atoms with E-state index in [-0.39, 0.29) is 0 Å². The van der Waals surface area contributed by atoms with Gasteiger partial charge in [0.2, 0.25) is 0 Å². The van der Waals surface area contributed by atoms with Crippen molar-refractivity contribution in [1.29, 1.82) is 0 Å². The molecule has 1 aromatic carbocycles. The van der Waals surface area contributed by atoms with Crippen molar-refractivity contribution in [3.8, 4) is 10.4 Å². The van der Waals surface area contributed by atoms with E-state index < -0.39 is 0 Å². The molecule has 1 aliphatic rings. The number of hydrogen-bond donors (Lipinski definition) is 0. The summed E-state index contributed by atoms with van der Waals surface area (Å²) in [5.74, 6) is 0.610. The van der Waals surface area contributed by atoms with Crippen molar-refractivity contribution in [2.24, 2.45) is 0 Å². The van der Waals surface area contributed by atoms with Crippen LogP contribution >= 0.6 is 11.3 Å². The molecular weight excluding hydrogens is 264 g/mol. The SMILES string of the molecule is Cc1ncsc1-c1ccc(C(C)C2CCCN2C)cc1. The van der Waals surface area contributed by atoms with E-state index in [1.54, 1.807) is 11.3 Å². The quantitative estimate of drug-likeness (QED) is 0.835. The third-order valence-electron chi connectivity index (χ3n) is 4.60. The molecule has 2 nitrogen and oxygen atoms in total. The summed E-state index contributed by atoms with van der Waals surface area (Å²) < 4.78 is 0. The summed E-state index contributed by atoms with van der Waals surface area (Å²) in [7, 11) is 2.25. The molecule has 0 aliphatic carbocycles. The Balaban J connectivity index is 1.81. The van der Waals surface area contributed by atoms with E-state index in [0.29, 0.717) is 12.0 Å². The summed E-state index contributed by atoms with van der Waals surface area (Å²) in [4.78, 5) is 8.13. The van der Waals surface area contributed by atoms with Crippen LogP contribution in [0.15, 0.2) is 29.8 Å². The fourth-order valence-electron chi connectivity index (χ4n) is 3.31. The summed E-state index contributed by atoms with van der Waals surface area (Å²) in [6, 6.07) is 9.80. The monoisotopic (exact) mass is 286 g/mol. The molecule has 3 rings (SSSR count). The Kier molecular flexibility index (Phi) is 3.90. The van der Waals surface area contributed by atoms with Crippen molar-refractivity contribution >= 4 is 11.3 Å². The van der Waals surface area contributed by atoms with Crippen molar-refractivity contribution in [3.05, 3.63) is 41.0 Å². The summed E-state index contributed by atoms with van der Waals surface area (Å²) in [6.07, 6.45) is 2.66. The molecule has 2 heterocycles. The Morgan fingerprint density at radius 3 is 2.60 bits per heavy atom. The highest BCUT2D eigenvalue weighted by molar-refractivity contribution is 7.13. The largest absolute Gasteiger partial charge is 0.303 e. The van der Waals surface area contributed by atoms with Gasteiger partial charge >= 0.3 is 0 Å². The van der Waals surface area contributed by atoms with Crippen LogP contribution in [0.2, 0.25) is 0 Å². The molecular formula is C17H22N2S. The van der Waals surface area contributed by atoms with Crippen LogP contribution in [0.4, 0.5) is 0 Å². The van der Waals surface area contributed by atoms with Crippen LogP contribution in [0.1, 0.15) is 36.9 Å². The van der Waals surface area contributed by atoms with E-state index in [0.717, 1.165) is 5.69 Å². The van der Waals surface area contributed by atoms with Gasteiger partial charge in [0.15, 0.2) is 0 Å². The summed E-state index contributed by atoms with van der Waals surface area (Å²) in [6.45, 7) is 5.68. The highest BCUT2D eigenvalue weighted by atomic mass is 32.1. The number of hydrogen-bond acceptors (Lipinski definition) is 3. The number of likely N-dealkylation sites (tertiary alicyclic amines) is 1. The average Bonchev–Trinajstić information content (AvgIpc) is 3.07. The van der Waals surface area contributed by atoms with Crippen LogP contribution in [-0.2, 0) is 0 Å². The first-order valence-corrected chi connectivity index (χ1v) is 8.25. The maximum Gasteiger partial charge on any atom is 0.0801 e. The number of nitrogens with zero attached hydrogens (tertiary/aromatic N) is 2. The molecule has 0 amide bonds. The molecule has 106 valence electrons. The second kappa shape index (κ2) is 5.66. The van der Waals surface area contributed by atoms with Gasteiger partial charge in [0.25, 0.3) is 0 Å². The molecule has 0 spiro atoms. The molecule has 1 aliphatic heterocycles. The molecule has 2 aromatic rings. The topological polar surface area (TPSA) is 16.1 Å². The Morgan fingerprint density at radius 2 is 2.05 bits per heavy atom. The molecule has 1 saturated heterocycles. The Hall–Kier alpha value is -1.19. The van der Waals surface area contributed by atoms with Crippen LogP contribution in [0.25, 0.3) is 10.4 Å². The number of aryl methyl sites for hydroxylation is 1. The zero-order valence-electron chi connectivity index (χ0n) is 12.5. The zero-order valence-corrected chi connectivity index (χ0v) is 13.3. The lowest BCUT2D eigenvalue weighted by molar-refractivity contribution is 0.279. The Bertz CT molecular complexity index is 573. The van der Waals surface area contributed by atoms with E-state index in [4.69, 9.17) is 0 Å². The minimum atomic E-state index is 0.610. The van der Waals surface area contributed by atoms with Gasteiger partial charge in [-0.15, -0.1) is 11.3 Å². The minimum absolute atomic E-state index is 0.610. The van der Waals surface area contributed by atoms with E-state index in [2.05, 4.69) is 55.0 Å².